The highest BCUT2D eigenvalue weighted by molar-refractivity contribution is 5.99. The van der Waals surface area contributed by atoms with Crippen LogP contribution in [0.25, 0.3) is 11.1 Å². The molecule has 1 saturated heterocycles. The van der Waals surface area contributed by atoms with Gasteiger partial charge < -0.3 is 23.8 Å². The second-order valence-corrected chi connectivity index (χ2v) is 12.9. The van der Waals surface area contributed by atoms with E-state index in [1.807, 2.05) is 93.6 Å². The van der Waals surface area contributed by atoms with Crippen molar-refractivity contribution in [2.24, 2.45) is 0 Å². The number of methoxy groups -OCH3 is 1. The number of allylic oxidation sites excluding steroid dienone is 1. The zero-order valence-electron chi connectivity index (χ0n) is 28.9. The minimum Gasteiger partial charge on any atom is -0.492 e. The predicted octanol–water partition coefficient (Wildman–Crippen LogP) is 8.32. The van der Waals surface area contributed by atoms with Gasteiger partial charge in [0.2, 0.25) is 0 Å². The van der Waals surface area contributed by atoms with Gasteiger partial charge in [0.25, 0.3) is 0 Å². The Morgan fingerprint density at radius 2 is 1.20 bits per heavy atom. The highest BCUT2D eigenvalue weighted by Gasteiger charge is 2.25. The number of amides is 1. The van der Waals surface area contributed by atoms with Gasteiger partial charge in [0, 0.05) is 39.1 Å². The molecule has 1 aliphatic rings. The van der Waals surface area contributed by atoms with Crippen molar-refractivity contribution in [2.75, 3.05) is 46.4 Å². The van der Waals surface area contributed by atoms with Crippen LogP contribution in [0.3, 0.4) is 0 Å². The Labute approximate surface area is 289 Å². The van der Waals surface area contributed by atoms with E-state index in [-0.39, 0.29) is 18.5 Å². The molecule has 0 bridgehead atoms. The number of nitrogens with zero attached hydrogens (tertiary/aromatic N) is 2. The molecule has 4 aromatic carbocycles. The Hall–Kier alpha value is -5.08. The van der Waals surface area contributed by atoms with Crippen LogP contribution in [0.15, 0.2) is 109 Å². The molecule has 4 aromatic rings. The van der Waals surface area contributed by atoms with Crippen LogP contribution in [0.5, 0.6) is 17.2 Å². The number of hydrogen-bond acceptors (Lipinski definition) is 7. The zero-order chi connectivity index (χ0) is 34.6. The molecule has 0 aromatic heterocycles. The van der Waals surface area contributed by atoms with Gasteiger partial charge in [0.1, 0.15) is 29.5 Å². The molecule has 8 nitrogen and oxygen atoms in total. The number of ether oxygens (including phenoxy) is 4. The van der Waals surface area contributed by atoms with E-state index in [9.17, 15) is 9.59 Å². The standard InChI is InChI=1S/C41H46N2O6/c1-41(2,3)49-40(45)43-27-25-42(26-28-43)29-30-47-34-19-15-32(16-20-34)39(37(23-24-38(44)46-4)31-11-7-5-8-12-31)33-17-21-36(22-18-33)48-35-13-9-6-10-14-35/h5-22H,23-30H2,1-4H3/b39-37+. The number of hydrogen-bond donors (Lipinski definition) is 0. The van der Waals surface area contributed by atoms with Crippen LogP contribution in [0.2, 0.25) is 0 Å². The summed E-state index contributed by atoms with van der Waals surface area (Å²) in [7, 11) is 1.42. The van der Waals surface area contributed by atoms with E-state index in [4.69, 9.17) is 18.9 Å². The van der Waals surface area contributed by atoms with Gasteiger partial charge >= 0.3 is 12.1 Å². The van der Waals surface area contributed by atoms with E-state index in [0.29, 0.717) is 26.1 Å². The lowest BCUT2D eigenvalue weighted by molar-refractivity contribution is -0.140. The first kappa shape index (κ1) is 35.2. The third-order valence-corrected chi connectivity index (χ3v) is 8.20. The zero-order valence-corrected chi connectivity index (χ0v) is 28.9. The molecule has 0 saturated carbocycles. The van der Waals surface area contributed by atoms with Gasteiger partial charge in [-0.2, -0.15) is 0 Å². The van der Waals surface area contributed by atoms with Crippen molar-refractivity contribution in [3.63, 3.8) is 0 Å². The molecular weight excluding hydrogens is 616 g/mol. The van der Waals surface area contributed by atoms with Crippen molar-refractivity contribution in [1.29, 1.82) is 0 Å². The summed E-state index contributed by atoms with van der Waals surface area (Å²) in [6, 6.07) is 36.0. The summed E-state index contributed by atoms with van der Waals surface area (Å²) in [6.07, 6.45) is 0.509. The Morgan fingerprint density at radius 1 is 0.653 bits per heavy atom. The van der Waals surface area contributed by atoms with Crippen molar-refractivity contribution in [3.8, 4) is 17.2 Å². The molecule has 49 heavy (non-hydrogen) atoms. The summed E-state index contributed by atoms with van der Waals surface area (Å²) < 4.78 is 22.8. The SMILES string of the molecule is COC(=O)CC/C(=C(/c1ccc(OCCN2CCN(C(=O)OC(C)(C)C)CC2)cc1)c1ccc(Oc2ccccc2)cc1)c1ccccc1. The van der Waals surface area contributed by atoms with E-state index in [1.54, 1.807) is 4.90 Å². The van der Waals surface area contributed by atoms with Gasteiger partial charge in [-0.1, -0.05) is 72.8 Å². The molecular formula is C41H46N2O6. The molecule has 256 valence electrons. The second kappa shape index (κ2) is 16.8. The first-order valence-electron chi connectivity index (χ1n) is 16.8. The molecule has 0 radical (unpaired) electrons. The molecule has 1 heterocycles. The highest BCUT2D eigenvalue weighted by atomic mass is 16.6. The minimum absolute atomic E-state index is 0.255. The van der Waals surface area contributed by atoms with Crippen molar-refractivity contribution in [3.05, 3.63) is 126 Å². The lowest BCUT2D eigenvalue weighted by Gasteiger charge is -2.35. The van der Waals surface area contributed by atoms with Gasteiger partial charge in [-0.25, -0.2) is 4.79 Å². The summed E-state index contributed by atoms with van der Waals surface area (Å²) in [5.41, 5.74) is 4.62. The quantitative estimate of drug-likeness (QED) is 0.112. The van der Waals surface area contributed by atoms with Crippen molar-refractivity contribution < 1.29 is 28.5 Å². The highest BCUT2D eigenvalue weighted by Crippen LogP contribution is 2.37. The summed E-state index contributed by atoms with van der Waals surface area (Å²) in [5.74, 6) is 2.03. The molecule has 1 amide bonds. The lowest BCUT2D eigenvalue weighted by Crippen LogP contribution is -2.50. The summed E-state index contributed by atoms with van der Waals surface area (Å²) in [6.45, 7) is 9.77. The van der Waals surface area contributed by atoms with Crippen LogP contribution in [0.1, 0.15) is 50.3 Å². The Balaban J connectivity index is 1.32. The first-order valence-corrected chi connectivity index (χ1v) is 16.8. The number of rotatable bonds is 12. The fraction of sp³-hybridized carbons (Fsp3) is 0.317. The van der Waals surface area contributed by atoms with Crippen molar-refractivity contribution in [1.82, 2.24) is 9.80 Å². The van der Waals surface area contributed by atoms with Crippen LogP contribution in [0.4, 0.5) is 4.79 Å². The van der Waals surface area contributed by atoms with Gasteiger partial charge in [-0.3, -0.25) is 9.69 Å². The molecule has 0 unspecified atom stereocenters. The third-order valence-electron chi connectivity index (χ3n) is 8.20. The van der Waals surface area contributed by atoms with Gasteiger partial charge in [0.05, 0.1) is 7.11 Å². The van der Waals surface area contributed by atoms with Gasteiger partial charge in [-0.05, 0) is 91.4 Å². The first-order chi connectivity index (χ1) is 23.7. The largest absolute Gasteiger partial charge is 0.492 e. The Kier molecular flexibility index (Phi) is 12.1. The molecule has 8 heteroatoms. The minimum atomic E-state index is -0.498. The molecule has 1 fully saturated rings. The van der Waals surface area contributed by atoms with Crippen molar-refractivity contribution in [2.45, 2.75) is 39.2 Å². The Morgan fingerprint density at radius 3 is 1.78 bits per heavy atom. The van der Waals surface area contributed by atoms with E-state index in [0.717, 1.165) is 64.7 Å². The second-order valence-electron chi connectivity index (χ2n) is 12.9. The topological polar surface area (TPSA) is 77.5 Å². The van der Waals surface area contributed by atoms with Crippen LogP contribution >= 0.6 is 0 Å². The molecule has 0 atom stereocenters. The maximum absolute atomic E-state index is 12.4. The van der Waals surface area contributed by atoms with Gasteiger partial charge in [0.15, 0.2) is 0 Å². The molecule has 0 spiro atoms. The average molecular weight is 663 g/mol. The average Bonchev–Trinajstić information content (AvgIpc) is 3.11. The molecule has 1 aliphatic heterocycles. The van der Waals surface area contributed by atoms with E-state index < -0.39 is 5.60 Å². The number of para-hydroxylation sites is 1. The smallest absolute Gasteiger partial charge is 0.410 e. The number of piperazine rings is 1. The van der Waals surface area contributed by atoms with Gasteiger partial charge in [-0.15, -0.1) is 0 Å². The number of benzene rings is 4. The van der Waals surface area contributed by atoms with Crippen LogP contribution in [-0.2, 0) is 14.3 Å². The maximum atomic E-state index is 12.4. The van der Waals surface area contributed by atoms with Crippen LogP contribution in [0, 0.1) is 0 Å². The third kappa shape index (κ3) is 10.5. The lowest BCUT2D eigenvalue weighted by atomic mass is 9.87. The fourth-order valence-corrected chi connectivity index (χ4v) is 5.70. The summed E-state index contributed by atoms with van der Waals surface area (Å²) in [5, 5.41) is 0. The molecule has 0 aliphatic carbocycles. The van der Waals surface area contributed by atoms with E-state index >= 15 is 0 Å². The fourth-order valence-electron chi connectivity index (χ4n) is 5.70. The maximum Gasteiger partial charge on any atom is 0.410 e. The van der Waals surface area contributed by atoms with Crippen LogP contribution < -0.4 is 9.47 Å². The summed E-state index contributed by atoms with van der Waals surface area (Å²) in [4.78, 5) is 28.8. The number of carbonyl (C=O) groups excluding carboxylic acids is 2. The Bertz CT molecular complexity index is 1670. The monoisotopic (exact) mass is 662 g/mol. The van der Waals surface area contributed by atoms with Crippen molar-refractivity contribution >= 4 is 23.2 Å². The number of esters is 1. The normalized spacial score (nSPS) is 14.1. The molecule has 0 N–H and O–H groups in total. The summed E-state index contributed by atoms with van der Waals surface area (Å²) >= 11 is 0. The van der Waals surface area contributed by atoms with E-state index in [2.05, 4.69) is 41.3 Å². The van der Waals surface area contributed by atoms with E-state index in [1.165, 1.54) is 7.11 Å². The molecule has 5 rings (SSSR count). The number of carbonyl (C=O) groups is 2. The predicted molar refractivity (Wildman–Crippen MR) is 193 cm³/mol. The van der Waals surface area contributed by atoms with Crippen LogP contribution in [-0.4, -0.2) is 73.9 Å².